The number of carbonyl (C=O) groups excluding carboxylic acids is 2. The number of hydrogen-bond acceptors (Lipinski definition) is 3. The average molecular weight is 337 g/mol. The number of aryl methyl sites for hydroxylation is 1. The van der Waals surface area contributed by atoms with E-state index >= 15 is 0 Å². The largest absolute Gasteiger partial charge is 0.325 e. The number of piperidine rings is 1. The Hall–Kier alpha value is -2.66. The van der Waals surface area contributed by atoms with E-state index in [0.717, 1.165) is 37.2 Å². The highest BCUT2D eigenvalue weighted by Gasteiger charge is 2.21. The molecule has 1 heterocycles. The summed E-state index contributed by atoms with van der Waals surface area (Å²) in [5, 5.41) is 9.13. The lowest BCUT2D eigenvalue weighted by atomic mass is 9.98. The van der Waals surface area contributed by atoms with Crippen LogP contribution < -0.4 is 16.0 Å². The quantitative estimate of drug-likeness (QED) is 0.802. The second-order valence-corrected chi connectivity index (χ2v) is 6.38. The number of amides is 2. The zero-order chi connectivity index (χ0) is 17.6. The maximum atomic E-state index is 12.4. The lowest BCUT2D eigenvalue weighted by molar-refractivity contribution is -0.120. The van der Waals surface area contributed by atoms with Gasteiger partial charge in [0.2, 0.25) is 5.91 Å². The van der Waals surface area contributed by atoms with E-state index in [0.29, 0.717) is 11.3 Å². The number of rotatable bonds is 4. The van der Waals surface area contributed by atoms with Gasteiger partial charge in [0.05, 0.1) is 5.92 Å². The van der Waals surface area contributed by atoms with Gasteiger partial charge >= 0.3 is 0 Å². The van der Waals surface area contributed by atoms with Crippen molar-refractivity contribution in [3.63, 3.8) is 0 Å². The van der Waals surface area contributed by atoms with Crippen LogP contribution in [0.1, 0.15) is 28.8 Å². The van der Waals surface area contributed by atoms with Gasteiger partial charge in [0.1, 0.15) is 0 Å². The molecule has 3 rings (SSSR count). The maximum Gasteiger partial charge on any atom is 0.255 e. The molecule has 1 saturated heterocycles. The second-order valence-electron chi connectivity index (χ2n) is 6.38. The lowest BCUT2D eigenvalue weighted by Gasteiger charge is -2.22. The smallest absolute Gasteiger partial charge is 0.255 e. The van der Waals surface area contributed by atoms with Crippen LogP contribution in [-0.4, -0.2) is 24.9 Å². The van der Waals surface area contributed by atoms with Crippen molar-refractivity contribution in [1.29, 1.82) is 0 Å². The van der Waals surface area contributed by atoms with Crippen molar-refractivity contribution in [2.45, 2.75) is 19.8 Å². The molecule has 2 aromatic rings. The standard InChI is InChI=1S/C20H23N3O2/c1-14-9-10-17(22-19(24)15-6-3-2-4-7-15)12-18(14)23-20(25)16-8-5-11-21-13-16/h2-4,6-7,9-10,12,16,21H,5,8,11,13H2,1H3,(H,22,24)(H,23,25). The van der Waals surface area contributed by atoms with E-state index < -0.39 is 0 Å². The summed E-state index contributed by atoms with van der Waals surface area (Å²) in [5.74, 6) is -0.143. The summed E-state index contributed by atoms with van der Waals surface area (Å²) in [4.78, 5) is 24.7. The Bertz CT molecular complexity index is 753. The molecular formula is C20H23N3O2. The Balaban J connectivity index is 1.69. The first-order chi connectivity index (χ1) is 12.1. The number of nitrogens with one attached hydrogen (secondary N) is 3. The fraction of sp³-hybridized carbons (Fsp3) is 0.300. The van der Waals surface area contributed by atoms with Crippen molar-refractivity contribution >= 4 is 23.2 Å². The Morgan fingerprint density at radius 1 is 1.08 bits per heavy atom. The van der Waals surface area contributed by atoms with E-state index in [1.807, 2.05) is 43.3 Å². The van der Waals surface area contributed by atoms with Gasteiger partial charge in [-0.2, -0.15) is 0 Å². The van der Waals surface area contributed by atoms with Gasteiger partial charge in [-0.15, -0.1) is 0 Å². The minimum absolute atomic E-state index is 0.00397. The molecule has 5 heteroatoms. The third-order valence-electron chi connectivity index (χ3n) is 4.46. The van der Waals surface area contributed by atoms with Gasteiger partial charge in [0.15, 0.2) is 0 Å². The predicted octanol–water partition coefficient (Wildman–Crippen LogP) is 3.19. The molecule has 1 atom stereocenters. The summed E-state index contributed by atoms with van der Waals surface area (Å²) < 4.78 is 0. The van der Waals surface area contributed by atoms with Crippen LogP contribution in [0.2, 0.25) is 0 Å². The molecule has 25 heavy (non-hydrogen) atoms. The Morgan fingerprint density at radius 3 is 2.60 bits per heavy atom. The van der Waals surface area contributed by atoms with Crippen molar-refractivity contribution in [1.82, 2.24) is 5.32 Å². The first-order valence-electron chi connectivity index (χ1n) is 8.62. The highest BCUT2D eigenvalue weighted by atomic mass is 16.2. The van der Waals surface area contributed by atoms with E-state index in [-0.39, 0.29) is 17.7 Å². The van der Waals surface area contributed by atoms with Crippen molar-refractivity contribution in [2.75, 3.05) is 23.7 Å². The topological polar surface area (TPSA) is 70.2 Å². The number of benzene rings is 2. The first-order valence-corrected chi connectivity index (χ1v) is 8.62. The normalized spacial score (nSPS) is 16.9. The molecule has 1 unspecified atom stereocenters. The molecule has 0 aliphatic carbocycles. The van der Waals surface area contributed by atoms with Gasteiger partial charge in [-0.25, -0.2) is 0 Å². The lowest BCUT2D eigenvalue weighted by Crippen LogP contribution is -2.37. The van der Waals surface area contributed by atoms with Gasteiger partial charge in [-0.3, -0.25) is 9.59 Å². The zero-order valence-electron chi connectivity index (χ0n) is 14.3. The van der Waals surface area contributed by atoms with Crippen LogP contribution >= 0.6 is 0 Å². The summed E-state index contributed by atoms with van der Waals surface area (Å²) in [5.41, 5.74) is 2.97. The van der Waals surface area contributed by atoms with Gasteiger partial charge in [0.25, 0.3) is 5.91 Å². The molecule has 0 saturated carbocycles. The van der Waals surface area contributed by atoms with E-state index in [1.165, 1.54) is 0 Å². The summed E-state index contributed by atoms with van der Waals surface area (Å²) in [6.45, 7) is 3.64. The Labute approximate surface area is 147 Å². The predicted molar refractivity (Wildman–Crippen MR) is 99.8 cm³/mol. The summed E-state index contributed by atoms with van der Waals surface area (Å²) in [6, 6.07) is 14.6. The van der Waals surface area contributed by atoms with Crippen LogP contribution in [0.4, 0.5) is 11.4 Å². The molecule has 1 aliphatic heterocycles. The molecule has 0 aromatic heterocycles. The minimum atomic E-state index is -0.168. The highest BCUT2D eigenvalue weighted by molar-refractivity contribution is 6.04. The summed E-state index contributed by atoms with van der Waals surface area (Å²) >= 11 is 0. The molecule has 1 fully saturated rings. The van der Waals surface area contributed by atoms with Crippen molar-refractivity contribution in [3.05, 3.63) is 59.7 Å². The van der Waals surface area contributed by atoms with Crippen LogP contribution in [-0.2, 0) is 4.79 Å². The molecule has 5 nitrogen and oxygen atoms in total. The van der Waals surface area contributed by atoms with E-state index in [1.54, 1.807) is 12.1 Å². The fourth-order valence-electron chi connectivity index (χ4n) is 2.94. The molecular weight excluding hydrogens is 314 g/mol. The third-order valence-corrected chi connectivity index (χ3v) is 4.46. The number of anilines is 2. The van der Waals surface area contributed by atoms with Gasteiger partial charge in [-0.05, 0) is 56.1 Å². The maximum absolute atomic E-state index is 12.4. The molecule has 0 bridgehead atoms. The number of carbonyl (C=O) groups is 2. The van der Waals surface area contributed by atoms with Crippen LogP contribution in [0.5, 0.6) is 0 Å². The molecule has 1 aliphatic rings. The minimum Gasteiger partial charge on any atom is -0.325 e. The average Bonchev–Trinajstić information content (AvgIpc) is 2.66. The van der Waals surface area contributed by atoms with Gasteiger partial charge < -0.3 is 16.0 Å². The fourth-order valence-corrected chi connectivity index (χ4v) is 2.94. The Morgan fingerprint density at radius 2 is 1.88 bits per heavy atom. The van der Waals surface area contributed by atoms with E-state index in [2.05, 4.69) is 16.0 Å². The van der Waals surface area contributed by atoms with Crippen molar-refractivity contribution < 1.29 is 9.59 Å². The third kappa shape index (κ3) is 4.45. The molecule has 0 radical (unpaired) electrons. The van der Waals surface area contributed by atoms with Crippen LogP contribution in [0.3, 0.4) is 0 Å². The van der Waals surface area contributed by atoms with Crippen LogP contribution in [0, 0.1) is 12.8 Å². The molecule has 2 amide bonds. The van der Waals surface area contributed by atoms with Crippen LogP contribution in [0.25, 0.3) is 0 Å². The monoisotopic (exact) mass is 337 g/mol. The second kappa shape index (κ2) is 7.94. The molecule has 130 valence electrons. The Kier molecular flexibility index (Phi) is 5.46. The molecule has 0 spiro atoms. The van der Waals surface area contributed by atoms with Crippen LogP contribution in [0.15, 0.2) is 48.5 Å². The molecule has 2 aromatic carbocycles. The molecule has 3 N–H and O–H groups in total. The van der Waals surface area contributed by atoms with E-state index in [9.17, 15) is 9.59 Å². The number of hydrogen-bond donors (Lipinski definition) is 3. The zero-order valence-corrected chi connectivity index (χ0v) is 14.3. The first kappa shape index (κ1) is 17.2. The van der Waals surface area contributed by atoms with Crippen molar-refractivity contribution in [2.24, 2.45) is 5.92 Å². The summed E-state index contributed by atoms with van der Waals surface area (Å²) in [6.07, 6.45) is 1.92. The van der Waals surface area contributed by atoms with Gasteiger partial charge in [-0.1, -0.05) is 24.3 Å². The summed E-state index contributed by atoms with van der Waals surface area (Å²) in [7, 11) is 0. The highest BCUT2D eigenvalue weighted by Crippen LogP contribution is 2.22. The van der Waals surface area contributed by atoms with Crippen molar-refractivity contribution in [3.8, 4) is 0 Å². The van der Waals surface area contributed by atoms with E-state index in [4.69, 9.17) is 0 Å². The van der Waals surface area contributed by atoms with Gasteiger partial charge in [0, 0.05) is 23.5 Å². The SMILES string of the molecule is Cc1ccc(NC(=O)c2ccccc2)cc1NC(=O)C1CCCNC1.